The lowest BCUT2D eigenvalue weighted by Crippen LogP contribution is -2.57. The lowest BCUT2D eigenvalue weighted by Gasteiger charge is -2.37. The maximum atomic E-state index is 13.4. The Morgan fingerprint density at radius 1 is 1.03 bits per heavy atom. The number of nitrogens with zero attached hydrogens (tertiary/aromatic N) is 1. The molecule has 7 heteroatoms. The van der Waals surface area contributed by atoms with E-state index < -0.39 is 23.2 Å². The molecule has 0 rings (SSSR count). The summed E-state index contributed by atoms with van der Waals surface area (Å²) in [5.74, 6) is -0.564. The van der Waals surface area contributed by atoms with Crippen LogP contribution in [-0.4, -0.2) is 54.2 Å². The summed E-state index contributed by atoms with van der Waals surface area (Å²) < 4.78 is 10.5. The lowest BCUT2D eigenvalue weighted by atomic mass is 9.85. The minimum Gasteiger partial charge on any atom is -0.463 e. The maximum absolute atomic E-state index is 13.4. The molecule has 0 unspecified atom stereocenters. The maximum Gasteiger partial charge on any atom is 0.408 e. The van der Waals surface area contributed by atoms with Gasteiger partial charge in [0.2, 0.25) is 5.91 Å². The third-order valence-corrected chi connectivity index (χ3v) is 4.54. The van der Waals surface area contributed by atoms with Gasteiger partial charge in [0.05, 0.1) is 12.6 Å². The van der Waals surface area contributed by atoms with E-state index in [0.717, 1.165) is 0 Å². The van der Waals surface area contributed by atoms with E-state index in [0.29, 0.717) is 18.6 Å². The van der Waals surface area contributed by atoms with Gasteiger partial charge in [0.15, 0.2) is 0 Å². The van der Waals surface area contributed by atoms with Gasteiger partial charge in [-0.25, -0.2) is 9.59 Å². The number of alkyl carbamates (subject to hydrolysis) is 1. The molecule has 2 atom stereocenters. The van der Waals surface area contributed by atoms with Crippen LogP contribution in [0.15, 0.2) is 11.6 Å². The number of ether oxygens (including phenoxy) is 2. The van der Waals surface area contributed by atoms with Gasteiger partial charge in [0.1, 0.15) is 11.6 Å². The van der Waals surface area contributed by atoms with Gasteiger partial charge in [-0.05, 0) is 45.4 Å². The van der Waals surface area contributed by atoms with Gasteiger partial charge < -0.3 is 19.7 Å². The van der Waals surface area contributed by atoms with E-state index in [1.165, 1.54) is 0 Å². The number of hydrogen-bond acceptors (Lipinski definition) is 5. The smallest absolute Gasteiger partial charge is 0.408 e. The highest BCUT2D eigenvalue weighted by Gasteiger charge is 2.38. The molecule has 0 aliphatic rings. The van der Waals surface area contributed by atoms with Gasteiger partial charge in [0.25, 0.3) is 0 Å². The zero-order chi connectivity index (χ0) is 23.9. The predicted octanol–water partition coefficient (Wildman–Crippen LogP) is 4.31. The Balaban J connectivity index is 5.83. The van der Waals surface area contributed by atoms with Gasteiger partial charge in [-0.15, -0.1) is 0 Å². The first-order valence-corrected chi connectivity index (χ1v) is 10.7. The summed E-state index contributed by atoms with van der Waals surface area (Å²) in [6, 6.07) is -1.12. The number of hydrogen-bond donors (Lipinski definition) is 1. The Labute approximate surface area is 182 Å². The Morgan fingerprint density at radius 3 is 1.93 bits per heavy atom. The summed E-state index contributed by atoms with van der Waals surface area (Å²) in [4.78, 5) is 39.6. The van der Waals surface area contributed by atoms with Crippen molar-refractivity contribution in [3.05, 3.63) is 11.6 Å². The van der Waals surface area contributed by atoms with Gasteiger partial charge in [-0.3, -0.25) is 4.79 Å². The van der Waals surface area contributed by atoms with Crippen molar-refractivity contribution in [2.45, 2.75) is 93.3 Å². The fourth-order valence-corrected chi connectivity index (χ4v) is 2.94. The molecule has 174 valence electrons. The quantitative estimate of drug-likeness (QED) is 0.462. The second-order valence-corrected chi connectivity index (χ2v) is 9.89. The predicted molar refractivity (Wildman–Crippen MR) is 119 cm³/mol. The Hall–Kier alpha value is -2.05. The van der Waals surface area contributed by atoms with Crippen molar-refractivity contribution < 1.29 is 23.9 Å². The van der Waals surface area contributed by atoms with Crippen LogP contribution in [0.5, 0.6) is 0 Å². The van der Waals surface area contributed by atoms with E-state index in [2.05, 4.69) is 5.32 Å². The van der Waals surface area contributed by atoms with Crippen LogP contribution in [0.2, 0.25) is 0 Å². The molecular formula is C23H42N2O5. The summed E-state index contributed by atoms with van der Waals surface area (Å²) in [6.07, 6.45) is 1.66. The van der Waals surface area contributed by atoms with Crippen molar-refractivity contribution in [2.24, 2.45) is 11.3 Å². The number of esters is 1. The second kappa shape index (κ2) is 11.4. The average Bonchev–Trinajstić information content (AvgIpc) is 2.56. The highest BCUT2D eigenvalue weighted by molar-refractivity contribution is 5.89. The van der Waals surface area contributed by atoms with E-state index in [1.807, 2.05) is 41.5 Å². The van der Waals surface area contributed by atoms with Crippen LogP contribution < -0.4 is 5.32 Å². The molecule has 1 N–H and O–H groups in total. The summed E-state index contributed by atoms with van der Waals surface area (Å²) in [5, 5.41) is 2.73. The molecule has 0 spiro atoms. The molecular weight excluding hydrogens is 384 g/mol. The second-order valence-electron chi connectivity index (χ2n) is 9.89. The molecule has 0 aromatic heterocycles. The Bertz CT molecular complexity index is 626. The first-order chi connectivity index (χ1) is 13.5. The monoisotopic (exact) mass is 426 g/mol. The van der Waals surface area contributed by atoms with Crippen LogP contribution in [0.1, 0.15) is 75.7 Å². The first-order valence-electron chi connectivity index (χ1n) is 10.7. The number of carbonyl (C=O) groups excluding carboxylic acids is 3. The van der Waals surface area contributed by atoms with Crippen molar-refractivity contribution in [2.75, 3.05) is 13.7 Å². The largest absolute Gasteiger partial charge is 0.463 e. The molecule has 0 aliphatic carbocycles. The van der Waals surface area contributed by atoms with Crippen molar-refractivity contribution in [1.29, 1.82) is 0 Å². The molecule has 0 aromatic rings. The molecule has 0 saturated heterocycles. The normalized spacial score (nSPS) is 14.7. The molecule has 0 fully saturated rings. The SMILES string of the molecule is CCOC(=O)/C(=C/[C@H](C(C)C)N(C)C(=O)[C@@H](NC(=O)OC(C)(C)C)C(C)(C)C)CC. The minimum absolute atomic E-state index is 0.0528. The van der Waals surface area contributed by atoms with Gasteiger partial charge in [-0.1, -0.05) is 47.6 Å². The molecule has 7 nitrogen and oxygen atoms in total. The molecule has 0 heterocycles. The third-order valence-electron chi connectivity index (χ3n) is 4.54. The Morgan fingerprint density at radius 2 is 1.57 bits per heavy atom. The van der Waals surface area contributed by atoms with Crippen LogP contribution in [-0.2, 0) is 19.1 Å². The number of rotatable bonds is 8. The molecule has 0 saturated carbocycles. The van der Waals surface area contributed by atoms with Crippen LogP contribution in [0.3, 0.4) is 0 Å². The average molecular weight is 427 g/mol. The van der Waals surface area contributed by atoms with Crippen LogP contribution in [0.4, 0.5) is 4.79 Å². The van der Waals surface area contributed by atoms with E-state index in [-0.39, 0.29) is 23.8 Å². The fourth-order valence-electron chi connectivity index (χ4n) is 2.94. The summed E-state index contributed by atoms with van der Waals surface area (Å²) >= 11 is 0. The van der Waals surface area contributed by atoms with Crippen molar-refractivity contribution >= 4 is 18.0 Å². The van der Waals surface area contributed by atoms with Crippen molar-refractivity contribution in [3.63, 3.8) is 0 Å². The van der Waals surface area contributed by atoms with Crippen LogP contribution in [0.25, 0.3) is 0 Å². The van der Waals surface area contributed by atoms with Crippen LogP contribution >= 0.6 is 0 Å². The topological polar surface area (TPSA) is 84.9 Å². The van der Waals surface area contributed by atoms with Gasteiger partial charge in [-0.2, -0.15) is 0 Å². The molecule has 0 radical (unpaired) electrons. The van der Waals surface area contributed by atoms with E-state index in [4.69, 9.17) is 9.47 Å². The van der Waals surface area contributed by atoms with E-state index in [1.54, 1.807) is 45.7 Å². The van der Waals surface area contributed by atoms with Crippen LogP contribution in [0, 0.1) is 11.3 Å². The zero-order valence-electron chi connectivity index (χ0n) is 20.7. The molecule has 0 bridgehead atoms. The highest BCUT2D eigenvalue weighted by Crippen LogP contribution is 2.24. The fraction of sp³-hybridized carbons (Fsp3) is 0.783. The molecule has 0 aliphatic heterocycles. The first kappa shape index (κ1) is 27.9. The standard InChI is InChI=1S/C23H42N2O5/c1-12-16(20(27)29-13-2)14-17(15(3)4)25(11)19(26)18(22(5,6)7)24-21(28)30-23(8,9)10/h14-15,17-18H,12-13H2,1-11H3,(H,24,28)/b16-14+/t17-,18-/m1/s1. The summed E-state index contributed by atoms with van der Waals surface area (Å²) in [7, 11) is 1.69. The number of carbonyl (C=O) groups is 3. The summed E-state index contributed by atoms with van der Waals surface area (Å²) in [5.41, 5.74) is -0.676. The lowest BCUT2D eigenvalue weighted by molar-refractivity contribution is -0.139. The number of nitrogens with one attached hydrogen (secondary N) is 1. The third kappa shape index (κ3) is 9.18. The summed E-state index contributed by atoms with van der Waals surface area (Å²) in [6.45, 7) is 18.9. The molecule has 30 heavy (non-hydrogen) atoms. The van der Waals surface area contributed by atoms with Gasteiger partial charge in [0, 0.05) is 12.6 Å². The number of amides is 2. The highest BCUT2D eigenvalue weighted by atomic mass is 16.6. The Kier molecular flexibility index (Phi) is 10.6. The molecule has 0 aromatic carbocycles. The zero-order valence-corrected chi connectivity index (χ0v) is 20.7. The van der Waals surface area contributed by atoms with Crippen molar-refractivity contribution in [1.82, 2.24) is 10.2 Å². The van der Waals surface area contributed by atoms with E-state index >= 15 is 0 Å². The van der Waals surface area contributed by atoms with E-state index in [9.17, 15) is 14.4 Å². The van der Waals surface area contributed by atoms with Gasteiger partial charge >= 0.3 is 12.1 Å². The number of likely N-dealkylation sites (N-methyl/N-ethyl adjacent to an activating group) is 1. The molecule has 2 amide bonds. The van der Waals surface area contributed by atoms with Crippen molar-refractivity contribution in [3.8, 4) is 0 Å². The minimum atomic E-state index is -0.792.